The summed E-state index contributed by atoms with van der Waals surface area (Å²) in [4.78, 5) is 0. The second-order valence-electron chi connectivity index (χ2n) is 6.82. The van der Waals surface area contributed by atoms with Crippen LogP contribution in [-0.2, 0) is 0 Å². The molecular formula is C24H24O4. The minimum Gasteiger partial charge on any atom is -0.497 e. The first-order valence-electron chi connectivity index (χ1n) is 9.35. The van der Waals surface area contributed by atoms with Crippen LogP contribution >= 0.6 is 0 Å². The fourth-order valence-electron chi connectivity index (χ4n) is 3.85. The zero-order valence-electron chi connectivity index (χ0n) is 16.3. The molecule has 0 fully saturated rings. The van der Waals surface area contributed by atoms with Crippen molar-refractivity contribution in [3.8, 4) is 23.0 Å². The minimum atomic E-state index is -0.0439. The van der Waals surface area contributed by atoms with E-state index >= 15 is 0 Å². The maximum Gasteiger partial charge on any atom is 0.131 e. The molecule has 3 aromatic carbocycles. The highest BCUT2D eigenvalue weighted by Gasteiger charge is 2.33. The molecule has 0 N–H and O–H groups in total. The van der Waals surface area contributed by atoms with E-state index in [0.717, 1.165) is 40.5 Å². The first kappa shape index (κ1) is 18.2. The Bertz CT molecular complexity index is 935. The van der Waals surface area contributed by atoms with Crippen LogP contribution in [0.3, 0.4) is 0 Å². The molecule has 0 bridgehead atoms. The van der Waals surface area contributed by atoms with Gasteiger partial charge >= 0.3 is 0 Å². The summed E-state index contributed by atoms with van der Waals surface area (Å²) in [6.45, 7) is 0. The first-order chi connectivity index (χ1) is 13.7. The number of fused-ring (bicyclic) bond motifs is 1. The van der Waals surface area contributed by atoms with E-state index in [4.69, 9.17) is 18.9 Å². The molecule has 1 aliphatic heterocycles. The molecule has 0 unspecified atom stereocenters. The first-order valence-corrected chi connectivity index (χ1v) is 9.35. The standard InChI is InChI=1S/C24H24O4/c1-25-18-11-9-16(10-12-18)20-15-21(17-7-5-4-6-8-17)28-23-14-19(26-2)13-22(27-3)24(20)23/h4-14,20-21H,15H2,1-3H3/t20-,21+/m1/s1. The van der Waals surface area contributed by atoms with E-state index in [0.29, 0.717) is 0 Å². The van der Waals surface area contributed by atoms with Crippen molar-refractivity contribution in [3.05, 3.63) is 83.4 Å². The second-order valence-corrected chi connectivity index (χ2v) is 6.82. The molecular weight excluding hydrogens is 352 g/mol. The quantitative estimate of drug-likeness (QED) is 0.600. The monoisotopic (exact) mass is 376 g/mol. The molecule has 0 aromatic heterocycles. The lowest BCUT2D eigenvalue weighted by Crippen LogP contribution is -2.21. The highest BCUT2D eigenvalue weighted by molar-refractivity contribution is 5.57. The van der Waals surface area contributed by atoms with Crippen molar-refractivity contribution in [1.82, 2.24) is 0 Å². The third kappa shape index (κ3) is 3.38. The molecule has 0 saturated carbocycles. The number of benzene rings is 3. The number of hydrogen-bond acceptors (Lipinski definition) is 4. The van der Waals surface area contributed by atoms with Crippen LogP contribution in [-0.4, -0.2) is 21.3 Å². The van der Waals surface area contributed by atoms with Crippen LogP contribution in [0.1, 0.15) is 35.1 Å². The van der Waals surface area contributed by atoms with Gasteiger partial charge in [-0.2, -0.15) is 0 Å². The highest BCUT2D eigenvalue weighted by Crippen LogP contribution is 2.50. The molecule has 144 valence electrons. The number of hydrogen-bond donors (Lipinski definition) is 0. The molecule has 4 heteroatoms. The summed E-state index contributed by atoms with van der Waals surface area (Å²) in [6, 6.07) is 22.4. The SMILES string of the molecule is COc1ccc([C@H]2C[C@@H](c3ccccc3)Oc3cc(OC)cc(OC)c32)cc1. The van der Waals surface area contributed by atoms with Crippen molar-refractivity contribution in [3.63, 3.8) is 0 Å². The minimum absolute atomic E-state index is 0.0439. The van der Waals surface area contributed by atoms with Crippen LogP contribution in [0.15, 0.2) is 66.7 Å². The zero-order chi connectivity index (χ0) is 19.5. The summed E-state index contributed by atoms with van der Waals surface area (Å²) >= 11 is 0. The van der Waals surface area contributed by atoms with Crippen molar-refractivity contribution in [1.29, 1.82) is 0 Å². The molecule has 4 rings (SSSR count). The van der Waals surface area contributed by atoms with E-state index in [1.165, 1.54) is 5.56 Å². The summed E-state index contributed by atoms with van der Waals surface area (Å²) in [7, 11) is 5.02. The molecule has 0 spiro atoms. The van der Waals surface area contributed by atoms with E-state index in [1.54, 1.807) is 21.3 Å². The van der Waals surface area contributed by atoms with Gasteiger partial charge < -0.3 is 18.9 Å². The number of methoxy groups -OCH3 is 3. The predicted octanol–water partition coefficient (Wildman–Crippen LogP) is 5.37. The summed E-state index contributed by atoms with van der Waals surface area (Å²) in [5.74, 6) is 3.29. The summed E-state index contributed by atoms with van der Waals surface area (Å²) in [6.07, 6.45) is 0.782. The van der Waals surface area contributed by atoms with E-state index in [9.17, 15) is 0 Å². The van der Waals surface area contributed by atoms with Crippen molar-refractivity contribution in [2.75, 3.05) is 21.3 Å². The molecule has 0 amide bonds. The average molecular weight is 376 g/mol. The Morgan fingerprint density at radius 1 is 0.750 bits per heavy atom. The van der Waals surface area contributed by atoms with Crippen molar-refractivity contribution in [2.45, 2.75) is 18.4 Å². The predicted molar refractivity (Wildman–Crippen MR) is 109 cm³/mol. The molecule has 4 nitrogen and oxygen atoms in total. The molecule has 3 aromatic rings. The van der Waals surface area contributed by atoms with Gasteiger partial charge in [0.25, 0.3) is 0 Å². The Kier molecular flexibility index (Phi) is 5.11. The molecule has 0 radical (unpaired) electrons. The smallest absolute Gasteiger partial charge is 0.131 e. The van der Waals surface area contributed by atoms with Gasteiger partial charge in [-0.15, -0.1) is 0 Å². The van der Waals surface area contributed by atoms with Crippen LogP contribution < -0.4 is 18.9 Å². The van der Waals surface area contributed by atoms with Gasteiger partial charge in [-0.25, -0.2) is 0 Å². The lowest BCUT2D eigenvalue weighted by atomic mass is 9.82. The fourth-order valence-corrected chi connectivity index (χ4v) is 3.85. The molecule has 2 atom stereocenters. The Labute approximate surface area is 165 Å². The highest BCUT2D eigenvalue weighted by atomic mass is 16.5. The Hall–Kier alpha value is -3.14. The van der Waals surface area contributed by atoms with Gasteiger partial charge in [0.2, 0.25) is 0 Å². The second kappa shape index (κ2) is 7.85. The number of ether oxygens (including phenoxy) is 4. The van der Waals surface area contributed by atoms with E-state index in [2.05, 4.69) is 24.3 Å². The third-order valence-electron chi connectivity index (χ3n) is 5.29. The van der Waals surface area contributed by atoms with E-state index in [-0.39, 0.29) is 12.0 Å². The molecule has 28 heavy (non-hydrogen) atoms. The molecule has 1 aliphatic rings. The van der Waals surface area contributed by atoms with Crippen LogP contribution in [0.2, 0.25) is 0 Å². The zero-order valence-corrected chi connectivity index (χ0v) is 16.3. The third-order valence-corrected chi connectivity index (χ3v) is 5.29. The summed E-state index contributed by atoms with van der Waals surface area (Å²) in [5.41, 5.74) is 3.42. The lowest BCUT2D eigenvalue weighted by Gasteiger charge is -2.34. The maximum atomic E-state index is 6.41. The van der Waals surface area contributed by atoms with Gasteiger partial charge in [0, 0.05) is 23.6 Å². The van der Waals surface area contributed by atoms with Gasteiger partial charge in [-0.05, 0) is 29.7 Å². The van der Waals surface area contributed by atoms with Crippen molar-refractivity contribution >= 4 is 0 Å². The van der Waals surface area contributed by atoms with E-state index in [1.807, 2.05) is 42.5 Å². The number of rotatable bonds is 5. The average Bonchev–Trinajstić information content (AvgIpc) is 2.78. The van der Waals surface area contributed by atoms with Gasteiger partial charge in [-0.3, -0.25) is 0 Å². The Balaban J connectivity index is 1.83. The van der Waals surface area contributed by atoms with Crippen LogP contribution in [0, 0.1) is 0 Å². The topological polar surface area (TPSA) is 36.9 Å². The maximum absolute atomic E-state index is 6.41. The normalized spacial score (nSPS) is 18.0. The van der Waals surface area contributed by atoms with Crippen LogP contribution in [0.25, 0.3) is 0 Å². The largest absolute Gasteiger partial charge is 0.497 e. The van der Waals surface area contributed by atoms with Crippen molar-refractivity contribution < 1.29 is 18.9 Å². The summed E-state index contributed by atoms with van der Waals surface area (Å²) < 4.78 is 22.9. The van der Waals surface area contributed by atoms with Gasteiger partial charge in [0.15, 0.2) is 0 Å². The van der Waals surface area contributed by atoms with Crippen molar-refractivity contribution in [2.24, 2.45) is 0 Å². The fraction of sp³-hybridized carbons (Fsp3) is 0.250. The molecule has 0 saturated heterocycles. The molecule has 0 aliphatic carbocycles. The van der Waals surface area contributed by atoms with Gasteiger partial charge in [0.05, 0.1) is 21.3 Å². The lowest BCUT2D eigenvalue weighted by molar-refractivity contribution is 0.164. The Morgan fingerprint density at radius 2 is 1.46 bits per heavy atom. The van der Waals surface area contributed by atoms with Gasteiger partial charge in [0.1, 0.15) is 29.1 Å². The van der Waals surface area contributed by atoms with Gasteiger partial charge in [-0.1, -0.05) is 42.5 Å². The molecule has 1 heterocycles. The van der Waals surface area contributed by atoms with Crippen LogP contribution in [0.5, 0.6) is 23.0 Å². The Morgan fingerprint density at radius 3 is 2.11 bits per heavy atom. The summed E-state index contributed by atoms with van der Waals surface area (Å²) in [5, 5.41) is 0. The van der Waals surface area contributed by atoms with Crippen LogP contribution in [0.4, 0.5) is 0 Å². The van der Waals surface area contributed by atoms with E-state index < -0.39 is 0 Å².